The lowest BCUT2D eigenvalue weighted by molar-refractivity contribution is 0.786. The van der Waals surface area contributed by atoms with Crippen molar-refractivity contribution < 1.29 is 0 Å². The molecule has 0 atom stereocenters. The van der Waals surface area contributed by atoms with Crippen molar-refractivity contribution in [3.63, 3.8) is 0 Å². The second kappa shape index (κ2) is 4.96. The molecule has 0 aliphatic carbocycles. The number of fused-ring (bicyclic) bond motifs is 1. The zero-order chi connectivity index (χ0) is 10.6. The molecule has 0 aliphatic heterocycles. The molecule has 14 heavy (non-hydrogen) atoms. The molecule has 76 valence electrons. The zero-order valence-corrected chi connectivity index (χ0v) is 9.41. The quantitative estimate of drug-likeness (QED) is 0.679. The van der Waals surface area contributed by atoms with E-state index in [4.69, 9.17) is 11.6 Å². The molecule has 0 unspecified atom stereocenters. The molecule has 4 heteroatoms. The maximum Gasteiger partial charge on any atom is 0.144 e. The summed E-state index contributed by atoms with van der Waals surface area (Å²) < 4.78 is 2.03. The molecule has 0 amide bonds. The van der Waals surface area contributed by atoms with E-state index in [0.29, 0.717) is 5.15 Å². The monoisotopic (exact) mass is 211 g/mol. The Bertz CT molecular complexity index is 409. The largest absolute Gasteiger partial charge is 0.333 e. The molecule has 0 bridgehead atoms. The molecule has 2 aromatic rings. The summed E-state index contributed by atoms with van der Waals surface area (Å²) in [7, 11) is 0. The number of aromatic nitrogens is 3. The van der Waals surface area contributed by atoms with Crippen molar-refractivity contribution in [3.8, 4) is 0 Å². The Morgan fingerprint density at radius 1 is 1.36 bits per heavy atom. The van der Waals surface area contributed by atoms with Crippen LogP contribution in [0.25, 0.3) is 11.0 Å². The second-order valence-electron chi connectivity index (χ2n) is 2.50. The van der Waals surface area contributed by atoms with E-state index in [-0.39, 0.29) is 0 Å². The number of rotatable bonds is 1. The molecule has 0 N–H and O–H groups in total. The van der Waals surface area contributed by atoms with Crippen LogP contribution in [0.1, 0.15) is 20.8 Å². The van der Waals surface area contributed by atoms with Gasteiger partial charge in [-0.25, -0.2) is 9.97 Å². The van der Waals surface area contributed by atoms with Crippen LogP contribution < -0.4 is 0 Å². The first-order valence-electron chi connectivity index (χ1n) is 4.78. The number of hydrogen-bond donors (Lipinski definition) is 0. The maximum atomic E-state index is 5.86. The molecule has 3 nitrogen and oxygen atoms in total. The van der Waals surface area contributed by atoms with Crippen molar-refractivity contribution in [2.75, 3.05) is 0 Å². The fourth-order valence-electron chi connectivity index (χ4n) is 1.23. The summed E-state index contributed by atoms with van der Waals surface area (Å²) in [5.41, 5.74) is 0.900. The molecule has 0 aliphatic rings. The van der Waals surface area contributed by atoms with E-state index in [2.05, 4.69) is 16.9 Å². The van der Waals surface area contributed by atoms with E-state index >= 15 is 0 Å². The van der Waals surface area contributed by atoms with Gasteiger partial charge in [0, 0.05) is 12.7 Å². The number of aryl methyl sites for hydroxylation is 1. The van der Waals surface area contributed by atoms with E-state index in [9.17, 15) is 0 Å². The minimum atomic E-state index is 0.521. The van der Waals surface area contributed by atoms with Crippen LogP contribution >= 0.6 is 11.6 Å². The Labute approximate surface area is 88.7 Å². The topological polar surface area (TPSA) is 30.7 Å². The van der Waals surface area contributed by atoms with E-state index in [1.165, 1.54) is 6.33 Å². The van der Waals surface area contributed by atoms with Gasteiger partial charge < -0.3 is 4.57 Å². The highest BCUT2D eigenvalue weighted by Gasteiger charge is 2.03. The first-order chi connectivity index (χ1) is 6.83. The molecule has 0 saturated heterocycles. The van der Waals surface area contributed by atoms with Crippen LogP contribution in [0.2, 0.25) is 5.15 Å². The molecule has 2 heterocycles. The van der Waals surface area contributed by atoms with E-state index in [1.54, 1.807) is 0 Å². The van der Waals surface area contributed by atoms with Crippen LogP contribution in [-0.2, 0) is 6.54 Å². The van der Waals surface area contributed by atoms with Crippen molar-refractivity contribution in [3.05, 3.63) is 23.7 Å². The molecular formula is C10H14ClN3. The van der Waals surface area contributed by atoms with Gasteiger partial charge in [0.25, 0.3) is 0 Å². The fourth-order valence-corrected chi connectivity index (χ4v) is 1.42. The third-order valence-corrected chi connectivity index (χ3v) is 2.15. The zero-order valence-electron chi connectivity index (χ0n) is 8.66. The predicted octanol–water partition coefficient (Wildman–Crippen LogP) is 3.13. The van der Waals surface area contributed by atoms with Crippen molar-refractivity contribution in [1.29, 1.82) is 0 Å². The van der Waals surface area contributed by atoms with Gasteiger partial charge in [0.2, 0.25) is 0 Å². The molecule has 0 radical (unpaired) electrons. The highest BCUT2D eigenvalue weighted by atomic mass is 35.5. The lowest BCUT2D eigenvalue weighted by Crippen LogP contribution is -1.93. The third kappa shape index (κ3) is 1.87. The Morgan fingerprint density at radius 2 is 2.07 bits per heavy atom. The average molecular weight is 212 g/mol. The normalized spacial score (nSPS) is 9.71. The van der Waals surface area contributed by atoms with Crippen LogP contribution in [0.3, 0.4) is 0 Å². The molecule has 2 rings (SSSR count). The first-order valence-corrected chi connectivity index (χ1v) is 5.16. The third-order valence-electron chi connectivity index (χ3n) is 1.85. The lowest BCUT2D eigenvalue weighted by Gasteiger charge is -1.98. The van der Waals surface area contributed by atoms with Crippen LogP contribution in [-0.4, -0.2) is 14.5 Å². The van der Waals surface area contributed by atoms with Crippen molar-refractivity contribution >= 4 is 22.6 Å². The highest BCUT2D eigenvalue weighted by molar-refractivity contribution is 6.33. The summed E-state index contributed by atoms with van der Waals surface area (Å²) in [4.78, 5) is 8.04. The summed E-state index contributed by atoms with van der Waals surface area (Å²) in [5, 5.41) is 1.44. The predicted molar refractivity (Wildman–Crippen MR) is 59.6 cm³/mol. The molecular weight excluding hydrogens is 198 g/mol. The summed E-state index contributed by atoms with van der Waals surface area (Å²) >= 11 is 5.86. The Kier molecular flexibility index (Phi) is 3.89. The minimum Gasteiger partial charge on any atom is -0.333 e. The highest BCUT2D eigenvalue weighted by Crippen LogP contribution is 2.19. The average Bonchev–Trinajstić information content (AvgIpc) is 2.65. The van der Waals surface area contributed by atoms with E-state index < -0.39 is 0 Å². The van der Waals surface area contributed by atoms with E-state index in [0.717, 1.165) is 17.6 Å². The first kappa shape index (κ1) is 11.0. The molecule has 0 saturated carbocycles. The SMILES string of the molecule is CC.CCn1ccc2c(Cl)ncnc21. The van der Waals surface area contributed by atoms with Gasteiger partial charge in [-0.2, -0.15) is 0 Å². The Hall–Kier alpha value is -1.09. The molecule has 0 fully saturated rings. The van der Waals surface area contributed by atoms with Gasteiger partial charge in [-0.05, 0) is 13.0 Å². The number of halogens is 1. The van der Waals surface area contributed by atoms with Crippen molar-refractivity contribution in [1.82, 2.24) is 14.5 Å². The Balaban J connectivity index is 0.000000461. The van der Waals surface area contributed by atoms with E-state index in [1.807, 2.05) is 30.7 Å². The minimum absolute atomic E-state index is 0.521. The standard InChI is InChI=1S/C8H8ClN3.C2H6/c1-2-12-4-3-6-7(9)10-5-11-8(6)12;1-2/h3-5H,2H2,1H3;1-2H3. The van der Waals surface area contributed by atoms with Gasteiger partial charge >= 0.3 is 0 Å². The number of hydrogen-bond acceptors (Lipinski definition) is 2. The molecule has 2 aromatic heterocycles. The van der Waals surface area contributed by atoms with Gasteiger partial charge in [0.15, 0.2) is 0 Å². The fraction of sp³-hybridized carbons (Fsp3) is 0.400. The van der Waals surface area contributed by atoms with Crippen molar-refractivity contribution in [2.24, 2.45) is 0 Å². The van der Waals surface area contributed by atoms with Gasteiger partial charge in [0.05, 0.1) is 5.39 Å². The van der Waals surface area contributed by atoms with Gasteiger partial charge in [-0.1, -0.05) is 25.4 Å². The van der Waals surface area contributed by atoms with Gasteiger partial charge in [-0.15, -0.1) is 0 Å². The van der Waals surface area contributed by atoms with Gasteiger partial charge in [0.1, 0.15) is 17.1 Å². The maximum absolute atomic E-state index is 5.86. The van der Waals surface area contributed by atoms with Crippen LogP contribution in [0.15, 0.2) is 18.6 Å². The smallest absolute Gasteiger partial charge is 0.144 e. The van der Waals surface area contributed by atoms with Crippen molar-refractivity contribution in [2.45, 2.75) is 27.3 Å². The summed E-state index contributed by atoms with van der Waals surface area (Å²) in [6.45, 7) is 6.96. The summed E-state index contributed by atoms with van der Waals surface area (Å²) in [6.07, 6.45) is 3.45. The van der Waals surface area contributed by atoms with Crippen LogP contribution in [0.5, 0.6) is 0 Å². The number of nitrogens with zero attached hydrogens (tertiary/aromatic N) is 3. The molecule has 0 aromatic carbocycles. The summed E-state index contributed by atoms with van der Waals surface area (Å²) in [6, 6.07) is 1.93. The second-order valence-corrected chi connectivity index (χ2v) is 2.86. The lowest BCUT2D eigenvalue weighted by atomic mass is 10.4. The Morgan fingerprint density at radius 3 is 2.71 bits per heavy atom. The van der Waals surface area contributed by atoms with Crippen LogP contribution in [0.4, 0.5) is 0 Å². The molecule has 0 spiro atoms. The summed E-state index contributed by atoms with van der Waals surface area (Å²) in [5.74, 6) is 0. The van der Waals surface area contributed by atoms with Crippen LogP contribution in [0, 0.1) is 0 Å². The van der Waals surface area contributed by atoms with Gasteiger partial charge in [-0.3, -0.25) is 0 Å².